The summed E-state index contributed by atoms with van der Waals surface area (Å²) in [7, 11) is 0. The Hall–Kier alpha value is -5.99. The van der Waals surface area contributed by atoms with Crippen molar-refractivity contribution >= 4 is 65.2 Å². The van der Waals surface area contributed by atoms with Crippen molar-refractivity contribution in [2.24, 2.45) is 23.3 Å². The highest BCUT2D eigenvalue weighted by molar-refractivity contribution is 5.98. The van der Waals surface area contributed by atoms with Crippen LogP contribution in [0.1, 0.15) is 92.9 Å². The first-order chi connectivity index (χ1) is 30.3. The number of aliphatic hydroxyl groups is 2. The lowest BCUT2D eigenvalue weighted by atomic mass is 9.97. The number of amides is 8. The number of carbonyl (C=O) groups excluding carboxylic acids is 8. The fourth-order valence-corrected chi connectivity index (χ4v) is 5.74. The van der Waals surface area contributed by atoms with Crippen molar-refractivity contribution in [1.29, 1.82) is 0 Å². The fourth-order valence-electron chi connectivity index (χ4n) is 5.74. The highest BCUT2D eigenvalue weighted by atomic mass is 16.4. The molecule has 0 aromatic rings. The Bertz CT molecular complexity index is 1670. The second-order valence-electron chi connectivity index (χ2n) is 15.9. The zero-order valence-electron chi connectivity index (χ0n) is 37.5. The molecule has 0 saturated carbocycles. The summed E-state index contributed by atoms with van der Waals surface area (Å²) in [6, 6.07) is -13.6. The predicted molar refractivity (Wildman–Crippen MR) is 228 cm³/mol. The minimum absolute atomic E-state index is 0.118. The van der Waals surface area contributed by atoms with E-state index in [1.165, 1.54) is 6.92 Å². The molecule has 26 heteroatoms. The quantitative estimate of drug-likeness (QED) is 0.0281. The first-order valence-electron chi connectivity index (χ1n) is 21.1. The number of aliphatic hydroxyl groups excluding tert-OH is 2. The van der Waals surface area contributed by atoms with E-state index in [-0.39, 0.29) is 18.8 Å². The molecule has 0 aliphatic heterocycles. The van der Waals surface area contributed by atoms with Crippen molar-refractivity contribution in [2.45, 2.75) is 147 Å². The maximum atomic E-state index is 13.7. The molecule has 17 N–H and O–H groups in total. The molecule has 370 valence electrons. The van der Waals surface area contributed by atoms with Crippen molar-refractivity contribution in [2.75, 3.05) is 19.8 Å². The van der Waals surface area contributed by atoms with Crippen LogP contribution in [0.2, 0.25) is 0 Å². The molecular formula is C39H68N10O16. The van der Waals surface area contributed by atoms with Gasteiger partial charge in [-0.2, -0.15) is 0 Å². The highest BCUT2D eigenvalue weighted by Crippen LogP contribution is 2.11. The molecule has 0 aliphatic carbocycles. The Kier molecular flexibility index (Phi) is 27.4. The van der Waals surface area contributed by atoms with Crippen LogP contribution in [0.3, 0.4) is 0 Å². The Labute approximate surface area is 375 Å². The van der Waals surface area contributed by atoms with E-state index in [1.807, 2.05) is 5.32 Å². The van der Waals surface area contributed by atoms with Crippen LogP contribution in [0.25, 0.3) is 0 Å². The molecule has 0 aromatic carbocycles. The summed E-state index contributed by atoms with van der Waals surface area (Å²) in [4.78, 5) is 139. The Morgan fingerprint density at radius 1 is 0.508 bits per heavy atom. The molecule has 0 unspecified atom stereocenters. The van der Waals surface area contributed by atoms with Crippen LogP contribution in [-0.2, 0) is 52.7 Å². The first-order valence-corrected chi connectivity index (χ1v) is 21.1. The van der Waals surface area contributed by atoms with Gasteiger partial charge in [-0.15, -0.1) is 0 Å². The van der Waals surface area contributed by atoms with Gasteiger partial charge in [0.1, 0.15) is 48.3 Å². The molecule has 10 atom stereocenters. The normalized spacial score (nSPS) is 15.7. The number of nitrogens with two attached hydrogens (primary N) is 2. The van der Waals surface area contributed by atoms with Gasteiger partial charge in [0.25, 0.3) is 0 Å². The molecular weight excluding hydrogens is 864 g/mol. The van der Waals surface area contributed by atoms with E-state index in [0.29, 0.717) is 25.8 Å². The predicted octanol–water partition coefficient (Wildman–Crippen LogP) is -5.14. The van der Waals surface area contributed by atoms with Gasteiger partial charge < -0.3 is 79.5 Å². The number of carboxylic acid groups (broad SMARTS) is 3. The Balaban J connectivity index is 6.10. The molecule has 0 radical (unpaired) electrons. The van der Waals surface area contributed by atoms with Gasteiger partial charge in [0, 0.05) is 6.42 Å². The summed E-state index contributed by atoms with van der Waals surface area (Å²) in [6.07, 6.45) is -0.372. The zero-order chi connectivity index (χ0) is 50.1. The Morgan fingerprint density at radius 3 is 1.45 bits per heavy atom. The fraction of sp³-hybridized carbons (Fsp3) is 0.718. The molecule has 0 fully saturated rings. The van der Waals surface area contributed by atoms with E-state index in [1.54, 1.807) is 20.8 Å². The topological polar surface area (TPSA) is 437 Å². The summed E-state index contributed by atoms with van der Waals surface area (Å²) in [6.45, 7) is 7.27. The second kappa shape index (κ2) is 30.2. The molecule has 0 spiro atoms. The van der Waals surface area contributed by atoms with Gasteiger partial charge in [0.05, 0.1) is 25.7 Å². The number of rotatable bonds is 32. The monoisotopic (exact) mass is 932 g/mol. The first kappa shape index (κ1) is 59.0. The average Bonchev–Trinajstić information content (AvgIpc) is 3.23. The van der Waals surface area contributed by atoms with E-state index < -0.39 is 158 Å². The lowest BCUT2D eigenvalue weighted by Gasteiger charge is -2.29. The smallest absolute Gasteiger partial charge is 0.325 e. The SMILES string of the molecule is CC[C@H](C)[C@H](NC(=O)[C@H](CO)NC(=O)[C@H](CO)NC(=O)[C@H](CC(C)C)NC(=O)[C@@H](N)CCCCN)C(=O)N[C@@H](CCC(=O)O)C(=O)N[C@@H](C)C(=O)N[C@@H](CC(=O)O)C(=O)N[C@@H](C)C(=O)O. The lowest BCUT2D eigenvalue weighted by molar-refractivity contribution is -0.143. The van der Waals surface area contributed by atoms with Crippen LogP contribution in [0, 0.1) is 11.8 Å². The van der Waals surface area contributed by atoms with Gasteiger partial charge in [-0.1, -0.05) is 40.5 Å². The molecule has 0 aliphatic rings. The summed E-state index contributed by atoms with van der Waals surface area (Å²) < 4.78 is 0. The van der Waals surface area contributed by atoms with Crippen LogP contribution >= 0.6 is 0 Å². The van der Waals surface area contributed by atoms with E-state index >= 15 is 0 Å². The van der Waals surface area contributed by atoms with Crippen molar-refractivity contribution in [3.8, 4) is 0 Å². The van der Waals surface area contributed by atoms with Gasteiger partial charge in [-0.05, 0) is 57.9 Å². The van der Waals surface area contributed by atoms with E-state index in [4.69, 9.17) is 16.6 Å². The molecule has 0 rings (SSSR count). The van der Waals surface area contributed by atoms with Crippen LogP contribution in [-0.4, -0.2) is 165 Å². The highest BCUT2D eigenvalue weighted by Gasteiger charge is 2.36. The summed E-state index contributed by atoms with van der Waals surface area (Å²) in [5.74, 6) is -13.4. The third-order valence-corrected chi connectivity index (χ3v) is 9.84. The van der Waals surface area contributed by atoms with Crippen molar-refractivity contribution in [3.05, 3.63) is 0 Å². The van der Waals surface area contributed by atoms with Crippen LogP contribution in [0.5, 0.6) is 0 Å². The van der Waals surface area contributed by atoms with Gasteiger partial charge in [-0.3, -0.25) is 52.7 Å². The standard InChI is InChI=1S/C39H68N10O16/c1-7-19(4)30(38(63)44-23(11-12-28(52)53)33(58)42-20(5)31(56)45-25(15-29(54)55)34(59)43-21(6)39(64)65)49-37(62)27(17-51)48-36(61)26(16-50)47-35(60)24(14-18(2)3)46-32(57)22(41)10-8-9-13-40/h18-27,30,50-51H,7-17,40-41H2,1-6H3,(H,42,58)(H,43,59)(H,44,63)(H,45,56)(H,46,57)(H,47,60)(H,48,61)(H,49,62)(H,52,53)(H,54,55)(H,64,65)/t19-,20-,21-,22-,23-,24-,25-,26-,27-,30-/m0/s1. The average molecular weight is 933 g/mol. The summed E-state index contributed by atoms with van der Waals surface area (Å²) in [5, 5.41) is 65.8. The van der Waals surface area contributed by atoms with Crippen LogP contribution < -0.4 is 54.0 Å². The molecule has 0 bridgehead atoms. The van der Waals surface area contributed by atoms with E-state index in [0.717, 1.165) is 13.8 Å². The van der Waals surface area contributed by atoms with E-state index in [9.17, 15) is 73.2 Å². The number of carbonyl (C=O) groups is 11. The molecule has 0 saturated heterocycles. The van der Waals surface area contributed by atoms with Crippen molar-refractivity contribution in [3.63, 3.8) is 0 Å². The molecule has 65 heavy (non-hydrogen) atoms. The summed E-state index contributed by atoms with van der Waals surface area (Å²) >= 11 is 0. The largest absolute Gasteiger partial charge is 0.481 e. The third-order valence-electron chi connectivity index (χ3n) is 9.84. The number of hydrogen-bond donors (Lipinski definition) is 15. The maximum absolute atomic E-state index is 13.7. The third kappa shape index (κ3) is 22.5. The van der Waals surface area contributed by atoms with Gasteiger partial charge in [-0.25, -0.2) is 0 Å². The molecule has 8 amide bonds. The minimum Gasteiger partial charge on any atom is -0.481 e. The number of unbranched alkanes of at least 4 members (excludes halogenated alkanes) is 1. The van der Waals surface area contributed by atoms with Crippen LogP contribution in [0.15, 0.2) is 0 Å². The number of nitrogens with one attached hydrogen (secondary N) is 8. The lowest BCUT2D eigenvalue weighted by Crippen LogP contribution is -2.62. The number of aliphatic carboxylic acids is 3. The Morgan fingerprint density at radius 2 is 0.969 bits per heavy atom. The summed E-state index contributed by atoms with van der Waals surface area (Å²) in [5.41, 5.74) is 11.5. The maximum Gasteiger partial charge on any atom is 0.325 e. The molecule has 26 nitrogen and oxygen atoms in total. The minimum atomic E-state index is -1.78. The molecule has 0 heterocycles. The zero-order valence-corrected chi connectivity index (χ0v) is 37.5. The van der Waals surface area contributed by atoms with Gasteiger partial charge >= 0.3 is 17.9 Å². The van der Waals surface area contributed by atoms with Crippen molar-refractivity contribution in [1.82, 2.24) is 42.5 Å². The second-order valence-corrected chi connectivity index (χ2v) is 15.9. The number of carboxylic acids is 3. The van der Waals surface area contributed by atoms with Gasteiger partial charge in [0.2, 0.25) is 47.3 Å². The van der Waals surface area contributed by atoms with Gasteiger partial charge in [0.15, 0.2) is 0 Å². The van der Waals surface area contributed by atoms with Crippen molar-refractivity contribution < 1.29 is 78.3 Å². The number of hydrogen-bond acceptors (Lipinski definition) is 15. The van der Waals surface area contributed by atoms with Crippen LogP contribution in [0.4, 0.5) is 0 Å². The molecule has 0 aromatic heterocycles. The van der Waals surface area contributed by atoms with E-state index in [2.05, 4.69) is 37.2 Å².